The molecule has 0 saturated carbocycles. The molecule has 1 heterocycles. The van der Waals surface area contributed by atoms with Gasteiger partial charge in [0, 0.05) is 13.2 Å². The summed E-state index contributed by atoms with van der Waals surface area (Å²) in [6, 6.07) is 3.04. The monoisotopic (exact) mass is 353 g/mol. The predicted octanol–water partition coefficient (Wildman–Crippen LogP) is 1.59. The number of hydrogen-bond acceptors (Lipinski definition) is 3. The number of halogens is 4. The summed E-state index contributed by atoms with van der Waals surface area (Å²) < 4.78 is 36.3. The Bertz CT molecular complexity index is 491. The van der Waals surface area contributed by atoms with Gasteiger partial charge in [0.25, 0.3) is 5.91 Å². The van der Waals surface area contributed by atoms with Crippen molar-refractivity contribution in [2.24, 2.45) is 0 Å². The minimum absolute atomic E-state index is 0.235. The maximum Gasteiger partial charge on any atom is 0.405 e. The van der Waals surface area contributed by atoms with Crippen LogP contribution in [0, 0.1) is 0 Å². The number of carbonyl (C=O) groups is 2. The lowest BCUT2D eigenvalue weighted by molar-refractivity contribution is -0.138. The second kappa shape index (κ2) is 6.69. The van der Waals surface area contributed by atoms with Crippen molar-refractivity contribution in [1.82, 2.24) is 15.2 Å². The summed E-state index contributed by atoms with van der Waals surface area (Å²) in [5, 5.41) is 1.69. The Hall–Kier alpha value is -1.64. The van der Waals surface area contributed by atoms with E-state index in [0.717, 1.165) is 4.90 Å². The Morgan fingerprint density at radius 2 is 2.05 bits per heavy atom. The zero-order valence-corrected chi connectivity index (χ0v) is 12.0. The van der Waals surface area contributed by atoms with Crippen molar-refractivity contribution in [2.45, 2.75) is 6.18 Å². The number of alkyl halides is 3. The van der Waals surface area contributed by atoms with Gasteiger partial charge >= 0.3 is 6.18 Å². The van der Waals surface area contributed by atoms with Gasteiger partial charge in [-0.2, -0.15) is 13.2 Å². The van der Waals surface area contributed by atoms with Gasteiger partial charge in [0.1, 0.15) is 11.1 Å². The molecular formula is C11H11BrF3N3O2. The summed E-state index contributed by atoms with van der Waals surface area (Å²) in [4.78, 5) is 28.0. The van der Waals surface area contributed by atoms with Crippen molar-refractivity contribution in [1.29, 1.82) is 0 Å². The van der Waals surface area contributed by atoms with Crippen molar-refractivity contribution >= 4 is 27.7 Å². The lowest BCUT2D eigenvalue weighted by Crippen LogP contribution is -2.41. The number of pyridine rings is 1. The van der Waals surface area contributed by atoms with Crippen molar-refractivity contribution < 1.29 is 22.8 Å². The Balaban J connectivity index is 2.53. The molecule has 9 heteroatoms. The van der Waals surface area contributed by atoms with E-state index in [2.05, 4.69) is 20.9 Å². The van der Waals surface area contributed by atoms with Gasteiger partial charge in [-0.05, 0) is 28.1 Å². The highest BCUT2D eigenvalue weighted by atomic mass is 79.9. The van der Waals surface area contributed by atoms with E-state index in [1.165, 1.54) is 19.3 Å². The number of carbonyl (C=O) groups excluding carboxylic acids is 2. The third kappa shape index (κ3) is 5.55. The molecule has 1 rings (SSSR count). The summed E-state index contributed by atoms with van der Waals surface area (Å²) >= 11 is 3.10. The highest BCUT2D eigenvalue weighted by Crippen LogP contribution is 2.12. The fourth-order valence-electron chi connectivity index (χ4n) is 1.26. The normalized spacial score (nSPS) is 11.1. The van der Waals surface area contributed by atoms with Crippen LogP contribution in [0.3, 0.4) is 0 Å². The van der Waals surface area contributed by atoms with E-state index in [0.29, 0.717) is 4.60 Å². The number of nitrogens with one attached hydrogen (secondary N) is 1. The number of nitrogens with zero attached hydrogens (tertiary/aromatic N) is 2. The fourth-order valence-corrected chi connectivity index (χ4v) is 1.50. The first-order valence-electron chi connectivity index (χ1n) is 5.39. The van der Waals surface area contributed by atoms with Gasteiger partial charge in [0.05, 0.1) is 12.1 Å². The average molecular weight is 354 g/mol. The van der Waals surface area contributed by atoms with Crippen LogP contribution in [0.1, 0.15) is 10.4 Å². The van der Waals surface area contributed by atoms with Crippen LogP contribution >= 0.6 is 15.9 Å². The number of rotatable bonds is 4. The minimum atomic E-state index is -4.48. The lowest BCUT2D eigenvalue weighted by Gasteiger charge is -2.17. The number of aromatic nitrogens is 1. The summed E-state index contributed by atoms with van der Waals surface area (Å²) in [6.07, 6.45) is -3.18. The third-order valence-electron chi connectivity index (χ3n) is 2.19. The lowest BCUT2D eigenvalue weighted by atomic mass is 10.2. The maximum atomic E-state index is 11.9. The van der Waals surface area contributed by atoms with Crippen LogP contribution < -0.4 is 5.32 Å². The molecule has 1 aromatic rings. The van der Waals surface area contributed by atoms with Crippen LogP contribution in [-0.2, 0) is 4.79 Å². The molecule has 0 saturated heterocycles. The van der Waals surface area contributed by atoms with Crippen LogP contribution in [0.25, 0.3) is 0 Å². The van der Waals surface area contributed by atoms with E-state index in [9.17, 15) is 22.8 Å². The van der Waals surface area contributed by atoms with E-state index in [1.54, 1.807) is 11.4 Å². The molecule has 0 aliphatic heterocycles. The van der Waals surface area contributed by atoms with Crippen molar-refractivity contribution in [2.75, 3.05) is 20.1 Å². The SMILES string of the molecule is CN(CC(=O)NCC(F)(F)F)C(=O)c1ccc(Br)nc1. The first-order valence-corrected chi connectivity index (χ1v) is 6.19. The standard InChI is InChI=1S/C11H11BrF3N3O2/c1-18(5-9(19)17-6-11(13,14)15)10(20)7-2-3-8(12)16-4-7/h2-4H,5-6H2,1H3,(H,17,19). The molecule has 5 nitrogen and oxygen atoms in total. The van der Waals surface area contributed by atoms with Gasteiger partial charge in [-0.15, -0.1) is 0 Å². The molecule has 0 aliphatic carbocycles. The topological polar surface area (TPSA) is 62.3 Å². The van der Waals surface area contributed by atoms with Crippen molar-refractivity contribution in [3.63, 3.8) is 0 Å². The van der Waals surface area contributed by atoms with Crippen molar-refractivity contribution in [3.05, 3.63) is 28.5 Å². The first-order chi connectivity index (χ1) is 9.19. The Morgan fingerprint density at radius 1 is 1.40 bits per heavy atom. The van der Waals surface area contributed by atoms with E-state index in [1.807, 2.05) is 0 Å². The van der Waals surface area contributed by atoms with E-state index < -0.39 is 31.1 Å². The summed E-state index contributed by atoms with van der Waals surface area (Å²) in [5.74, 6) is -1.39. The number of amides is 2. The Kier molecular flexibility index (Phi) is 5.49. The third-order valence-corrected chi connectivity index (χ3v) is 2.66. The first kappa shape index (κ1) is 16.4. The molecule has 1 N–H and O–H groups in total. The molecule has 0 radical (unpaired) electrons. The Labute approximate surface area is 121 Å². The molecule has 0 spiro atoms. The predicted molar refractivity (Wildman–Crippen MR) is 68.0 cm³/mol. The fraction of sp³-hybridized carbons (Fsp3) is 0.364. The molecule has 2 amide bonds. The molecule has 0 bridgehead atoms. The second-order valence-electron chi connectivity index (χ2n) is 3.92. The van der Waals surface area contributed by atoms with Gasteiger partial charge in [-0.1, -0.05) is 0 Å². The van der Waals surface area contributed by atoms with Gasteiger partial charge in [-0.3, -0.25) is 9.59 Å². The van der Waals surface area contributed by atoms with E-state index in [-0.39, 0.29) is 5.56 Å². The molecule has 0 unspecified atom stereocenters. The largest absolute Gasteiger partial charge is 0.405 e. The highest BCUT2D eigenvalue weighted by molar-refractivity contribution is 9.10. The number of hydrogen-bond donors (Lipinski definition) is 1. The summed E-state index contributed by atoms with van der Waals surface area (Å²) in [7, 11) is 1.32. The van der Waals surface area contributed by atoms with Crippen LogP contribution in [-0.4, -0.2) is 48.0 Å². The highest BCUT2D eigenvalue weighted by Gasteiger charge is 2.28. The van der Waals surface area contributed by atoms with Crippen LogP contribution in [0.5, 0.6) is 0 Å². The average Bonchev–Trinajstić information content (AvgIpc) is 2.35. The van der Waals surface area contributed by atoms with Gasteiger partial charge in [0.2, 0.25) is 5.91 Å². The summed E-state index contributed by atoms with van der Waals surface area (Å²) in [5.41, 5.74) is 0.235. The molecule has 0 atom stereocenters. The number of likely N-dealkylation sites (N-methyl/N-ethyl adjacent to an activating group) is 1. The van der Waals surface area contributed by atoms with Crippen LogP contribution in [0.4, 0.5) is 13.2 Å². The van der Waals surface area contributed by atoms with Crippen LogP contribution in [0.2, 0.25) is 0 Å². The smallest absolute Gasteiger partial charge is 0.345 e. The molecule has 110 valence electrons. The zero-order chi connectivity index (χ0) is 15.3. The zero-order valence-electron chi connectivity index (χ0n) is 10.4. The van der Waals surface area contributed by atoms with E-state index >= 15 is 0 Å². The van der Waals surface area contributed by atoms with E-state index in [4.69, 9.17) is 0 Å². The molecule has 1 aromatic heterocycles. The molecule has 0 aromatic carbocycles. The molecule has 20 heavy (non-hydrogen) atoms. The second-order valence-corrected chi connectivity index (χ2v) is 4.74. The maximum absolute atomic E-state index is 11.9. The minimum Gasteiger partial charge on any atom is -0.345 e. The van der Waals surface area contributed by atoms with Crippen LogP contribution in [0.15, 0.2) is 22.9 Å². The van der Waals surface area contributed by atoms with Gasteiger partial charge < -0.3 is 10.2 Å². The molecule has 0 fully saturated rings. The summed E-state index contributed by atoms with van der Waals surface area (Å²) in [6.45, 7) is -1.89. The quantitative estimate of drug-likeness (QED) is 0.836. The van der Waals surface area contributed by atoms with Gasteiger partial charge in [-0.25, -0.2) is 4.98 Å². The molecular weight excluding hydrogens is 343 g/mol. The van der Waals surface area contributed by atoms with Crippen molar-refractivity contribution in [3.8, 4) is 0 Å². The van der Waals surface area contributed by atoms with Gasteiger partial charge in [0.15, 0.2) is 0 Å². The Morgan fingerprint density at radius 3 is 2.55 bits per heavy atom. The molecule has 0 aliphatic rings.